The Bertz CT molecular complexity index is 1400. The van der Waals surface area contributed by atoms with E-state index in [0.29, 0.717) is 29.8 Å². The third-order valence-corrected chi connectivity index (χ3v) is 6.94. The largest absolute Gasteiger partial charge is 0.482 e. The summed E-state index contributed by atoms with van der Waals surface area (Å²) in [7, 11) is 0. The third kappa shape index (κ3) is 8.62. The summed E-state index contributed by atoms with van der Waals surface area (Å²) in [4.78, 5) is 36.2. The SMILES string of the molecule is NC(=O)c1ccc(C(=O)C(CC(c2ccccc2)c2ccccc2)NCCCc2cccc(OCC(=O)O)c2)cc1. The summed E-state index contributed by atoms with van der Waals surface area (Å²) >= 11 is 0. The Morgan fingerprint density at radius 2 is 1.39 bits per heavy atom. The Morgan fingerprint density at radius 3 is 1.98 bits per heavy atom. The van der Waals surface area contributed by atoms with Crippen molar-refractivity contribution in [1.82, 2.24) is 5.32 Å². The van der Waals surface area contributed by atoms with Gasteiger partial charge in [-0.15, -0.1) is 0 Å². The molecular weight excluding hydrogens is 516 g/mol. The van der Waals surface area contributed by atoms with Crippen LogP contribution < -0.4 is 15.8 Å². The van der Waals surface area contributed by atoms with Gasteiger partial charge in [0.2, 0.25) is 5.91 Å². The van der Waals surface area contributed by atoms with Crippen LogP contribution in [0.3, 0.4) is 0 Å². The highest BCUT2D eigenvalue weighted by Crippen LogP contribution is 2.30. The van der Waals surface area contributed by atoms with E-state index in [1.807, 2.05) is 54.6 Å². The molecule has 0 bridgehead atoms. The van der Waals surface area contributed by atoms with E-state index < -0.39 is 17.9 Å². The van der Waals surface area contributed by atoms with Crippen molar-refractivity contribution >= 4 is 17.7 Å². The molecule has 0 radical (unpaired) electrons. The zero-order valence-electron chi connectivity index (χ0n) is 22.7. The lowest BCUT2D eigenvalue weighted by Gasteiger charge is -2.25. The molecular formula is C34H34N2O5. The number of carboxylic acid groups (broad SMARTS) is 1. The van der Waals surface area contributed by atoms with Gasteiger partial charge >= 0.3 is 5.97 Å². The monoisotopic (exact) mass is 550 g/mol. The van der Waals surface area contributed by atoms with Crippen molar-refractivity contribution in [2.24, 2.45) is 5.73 Å². The quantitative estimate of drug-likeness (QED) is 0.138. The standard InChI is InChI=1S/C34H34N2O5/c35-34(40)28-18-16-27(17-19-28)33(39)31(22-30(25-11-3-1-4-12-25)26-13-5-2-6-14-26)36-20-8-10-24-9-7-15-29(21-24)41-23-32(37)38/h1-7,9,11-19,21,30-31,36H,8,10,20,22-23H2,(H2,35,40)(H,37,38). The van der Waals surface area contributed by atoms with Crippen molar-refractivity contribution in [1.29, 1.82) is 0 Å². The third-order valence-electron chi connectivity index (χ3n) is 6.94. The molecule has 4 aromatic carbocycles. The average molecular weight is 551 g/mol. The molecule has 210 valence electrons. The number of primary amides is 1. The van der Waals surface area contributed by atoms with Crippen molar-refractivity contribution in [3.63, 3.8) is 0 Å². The lowest BCUT2D eigenvalue weighted by molar-refractivity contribution is -0.139. The van der Waals surface area contributed by atoms with Gasteiger partial charge in [0.25, 0.3) is 0 Å². The predicted molar refractivity (Wildman–Crippen MR) is 158 cm³/mol. The van der Waals surface area contributed by atoms with Crippen LogP contribution in [0.4, 0.5) is 0 Å². The van der Waals surface area contributed by atoms with Crippen LogP contribution in [0.5, 0.6) is 5.75 Å². The molecule has 0 heterocycles. The summed E-state index contributed by atoms with van der Waals surface area (Å²) in [6.07, 6.45) is 2.03. The number of carbonyl (C=O) groups excluding carboxylic acids is 2. The van der Waals surface area contributed by atoms with Gasteiger partial charge in [0, 0.05) is 17.0 Å². The fraction of sp³-hybridized carbons (Fsp3) is 0.206. The Kier molecular flexibility index (Phi) is 10.4. The van der Waals surface area contributed by atoms with Crippen molar-refractivity contribution in [3.05, 3.63) is 137 Å². The minimum absolute atomic E-state index is 0.00758. The molecule has 0 aliphatic rings. The van der Waals surface area contributed by atoms with Gasteiger partial charge in [0.15, 0.2) is 12.4 Å². The summed E-state index contributed by atoms with van der Waals surface area (Å²) in [5, 5.41) is 12.4. The lowest BCUT2D eigenvalue weighted by Crippen LogP contribution is -2.39. The molecule has 0 aliphatic carbocycles. The number of nitrogens with one attached hydrogen (secondary N) is 1. The van der Waals surface area contributed by atoms with E-state index >= 15 is 0 Å². The molecule has 7 nitrogen and oxygen atoms in total. The van der Waals surface area contributed by atoms with Crippen molar-refractivity contribution in [3.8, 4) is 5.75 Å². The average Bonchev–Trinajstić information content (AvgIpc) is 3.00. The highest BCUT2D eigenvalue weighted by molar-refractivity contribution is 6.01. The van der Waals surface area contributed by atoms with Crippen LogP contribution >= 0.6 is 0 Å². The van der Waals surface area contributed by atoms with Crippen LogP contribution in [0.2, 0.25) is 0 Å². The number of aryl methyl sites for hydroxylation is 1. The van der Waals surface area contributed by atoms with E-state index in [9.17, 15) is 14.4 Å². The summed E-state index contributed by atoms with van der Waals surface area (Å²) in [5.74, 6) is -1.11. The number of hydrogen-bond acceptors (Lipinski definition) is 5. The van der Waals surface area contributed by atoms with Crippen LogP contribution in [0.1, 0.15) is 56.2 Å². The molecule has 0 aliphatic heterocycles. The molecule has 7 heteroatoms. The molecule has 0 spiro atoms. The van der Waals surface area contributed by atoms with Gasteiger partial charge in [-0.2, -0.15) is 0 Å². The van der Waals surface area contributed by atoms with Crippen LogP contribution in [-0.2, 0) is 11.2 Å². The van der Waals surface area contributed by atoms with Gasteiger partial charge in [0.1, 0.15) is 5.75 Å². The van der Waals surface area contributed by atoms with E-state index in [0.717, 1.165) is 29.5 Å². The maximum Gasteiger partial charge on any atom is 0.341 e. The second kappa shape index (κ2) is 14.6. The fourth-order valence-electron chi connectivity index (χ4n) is 4.86. The summed E-state index contributed by atoms with van der Waals surface area (Å²) in [6, 6.07) is 33.7. The first-order valence-electron chi connectivity index (χ1n) is 13.6. The Hall–Kier alpha value is -4.75. The summed E-state index contributed by atoms with van der Waals surface area (Å²) in [5.41, 5.74) is 9.53. The van der Waals surface area contributed by atoms with Crippen molar-refractivity contribution in [2.45, 2.75) is 31.2 Å². The molecule has 41 heavy (non-hydrogen) atoms. The molecule has 4 N–H and O–H groups in total. The van der Waals surface area contributed by atoms with Gasteiger partial charge < -0.3 is 20.9 Å². The summed E-state index contributed by atoms with van der Waals surface area (Å²) < 4.78 is 5.30. The number of amides is 1. The molecule has 1 amide bonds. The minimum Gasteiger partial charge on any atom is -0.482 e. The number of Topliss-reactive ketones (excluding diaryl/α,β-unsaturated/α-hetero) is 1. The molecule has 1 unspecified atom stereocenters. The minimum atomic E-state index is -1.02. The molecule has 4 rings (SSSR count). The Morgan fingerprint density at radius 1 is 0.780 bits per heavy atom. The van der Waals surface area contributed by atoms with Gasteiger partial charge in [-0.25, -0.2) is 4.79 Å². The zero-order valence-corrected chi connectivity index (χ0v) is 22.7. The molecule has 4 aromatic rings. The van der Waals surface area contributed by atoms with E-state index in [1.54, 1.807) is 30.3 Å². The van der Waals surface area contributed by atoms with Gasteiger partial charge in [-0.1, -0.05) is 84.9 Å². The summed E-state index contributed by atoms with van der Waals surface area (Å²) in [6.45, 7) is 0.200. The Balaban J connectivity index is 1.51. The second-order valence-corrected chi connectivity index (χ2v) is 9.86. The zero-order chi connectivity index (χ0) is 29.0. The molecule has 1 atom stereocenters. The normalized spacial score (nSPS) is 11.6. The number of hydrogen-bond donors (Lipinski definition) is 3. The highest BCUT2D eigenvalue weighted by Gasteiger charge is 2.26. The van der Waals surface area contributed by atoms with Crippen LogP contribution in [-0.4, -0.2) is 42.0 Å². The lowest BCUT2D eigenvalue weighted by atomic mass is 9.84. The van der Waals surface area contributed by atoms with Crippen LogP contribution in [0, 0.1) is 0 Å². The Labute approximate surface area is 240 Å². The second-order valence-electron chi connectivity index (χ2n) is 9.86. The maximum atomic E-state index is 13.8. The number of aliphatic carboxylic acids is 1. The highest BCUT2D eigenvalue weighted by atomic mass is 16.5. The van der Waals surface area contributed by atoms with Gasteiger partial charge in [-0.3, -0.25) is 9.59 Å². The number of carbonyl (C=O) groups is 3. The number of ketones is 1. The predicted octanol–water partition coefficient (Wildman–Crippen LogP) is 5.24. The topological polar surface area (TPSA) is 119 Å². The number of ether oxygens (including phenoxy) is 1. The van der Waals surface area contributed by atoms with E-state index in [4.69, 9.17) is 15.6 Å². The van der Waals surface area contributed by atoms with Crippen LogP contribution in [0.15, 0.2) is 109 Å². The van der Waals surface area contributed by atoms with E-state index in [-0.39, 0.29) is 18.3 Å². The number of carboxylic acids is 1. The van der Waals surface area contributed by atoms with Gasteiger partial charge in [0.05, 0.1) is 6.04 Å². The fourth-order valence-corrected chi connectivity index (χ4v) is 4.86. The molecule has 0 fully saturated rings. The number of rotatable bonds is 15. The van der Waals surface area contributed by atoms with E-state index in [1.165, 1.54) is 0 Å². The van der Waals surface area contributed by atoms with Crippen LogP contribution in [0.25, 0.3) is 0 Å². The molecule has 0 aromatic heterocycles. The smallest absolute Gasteiger partial charge is 0.341 e. The molecule has 0 saturated heterocycles. The first-order chi connectivity index (χ1) is 19.9. The van der Waals surface area contributed by atoms with Crippen molar-refractivity contribution < 1.29 is 24.2 Å². The number of nitrogens with two attached hydrogens (primary N) is 1. The maximum absolute atomic E-state index is 13.8. The molecule has 0 saturated carbocycles. The van der Waals surface area contributed by atoms with E-state index in [2.05, 4.69) is 29.6 Å². The number of benzene rings is 4. The van der Waals surface area contributed by atoms with Crippen molar-refractivity contribution in [2.75, 3.05) is 13.2 Å². The van der Waals surface area contributed by atoms with Gasteiger partial charge in [-0.05, 0) is 66.8 Å². The first kappa shape index (κ1) is 29.2. The first-order valence-corrected chi connectivity index (χ1v) is 13.6.